The molecular weight excluding hydrogens is 406 g/mol. The molecule has 0 spiro atoms. The topological polar surface area (TPSA) is 61.1 Å². The van der Waals surface area contributed by atoms with Crippen molar-refractivity contribution in [1.82, 2.24) is 4.90 Å². The highest BCUT2D eigenvalue weighted by Gasteiger charge is 2.28. The molecule has 1 aliphatic heterocycles. The lowest BCUT2D eigenvalue weighted by Crippen LogP contribution is -2.32. The molecule has 2 aromatic carbocycles. The van der Waals surface area contributed by atoms with Crippen LogP contribution in [0, 0.1) is 0 Å². The maximum atomic E-state index is 12.5. The van der Waals surface area contributed by atoms with Crippen molar-refractivity contribution < 1.29 is 18.6 Å². The molecule has 1 aromatic heterocycles. The standard InChI is InChI=1S/C23H22ClNO5/c1-27-19-7-6-13(8-20(19)28-2)10-25-11-17-21-16(9-18(24)22(17)29-12-25)14-4-3-5-15(14)23(26)30-21/h6-9H,3-5,10-12H2,1-2H3. The molecule has 0 saturated heterocycles. The summed E-state index contributed by atoms with van der Waals surface area (Å²) in [4.78, 5) is 14.7. The fourth-order valence-electron chi connectivity index (χ4n) is 4.49. The molecule has 5 rings (SSSR count). The highest BCUT2D eigenvalue weighted by atomic mass is 35.5. The molecule has 0 atom stereocenters. The first kappa shape index (κ1) is 19.3. The Kier molecular flexibility index (Phi) is 4.83. The van der Waals surface area contributed by atoms with Crippen LogP contribution in [0.3, 0.4) is 0 Å². The number of benzene rings is 2. The second-order valence-electron chi connectivity index (χ2n) is 7.69. The minimum Gasteiger partial charge on any atom is -0.493 e. The first-order valence-corrected chi connectivity index (χ1v) is 10.3. The van der Waals surface area contributed by atoms with Crippen LogP contribution in [0.1, 0.15) is 28.7 Å². The van der Waals surface area contributed by atoms with Crippen molar-refractivity contribution in [1.29, 1.82) is 0 Å². The normalized spacial score (nSPS) is 15.6. The summed E-state index contributed by atoms with van der Waals surface area (Å²) in [5, 5.41) is 1.49. The molecule has 0 fully saturated rings. The zero-order chi connectivity index (χ0) is 20.8. The van der Waals surface area contributed by atoms with Crippen molar-refractivity contribution in [2.45, 2.75) is 32.4 Å². The molecule has 2 heterocycles. The summed E-state index contributed by atoms with van der Waals surface area (Å²) in [6, 6.07) is 7.73. The van der Waals surface area contributed by atoms with Gasteiger partial charge >= 0.3 is 5.63 Å². The quantitative estimate of drug-likeness (QED) is 0.578. The molecule has 7 heteroatoms. The third-order valence-corrected chi connectivity index (χ3v) is 6.17. The number of nitrogens with zero attached hydrogens (tertiary/aromatic N) is 1. The molecule has 0 N–H and O–H groups in total. The molecule has 2 aliphatic rings. The average Bonchev–Trinajstić information content (AvgIpc) is 3.26. The van der Waals surface area contributed by atoms with Crippen molar-refractivity contribution in [3.05, 3.63) is 62.0 Å². The lowest BCUT2D eigenvalue weighted by Gasteiger charge is -2.30. The molecule has 30 heavy (non-hydrogen) atoms. The van der Waals surface area contributed by atoms with E-state index in [9.17, 15) is 4.79 Å². The van der Waals surface area contributed by atoms with Gasteiger partial charge in [-0.25, -0.2) is 4.79 Å². The number of methoxy groups -OCH3 is 2. The monoisotopic (exact) mass is 427 g/mol. The Hall–Kier alpha value is -2.70. The van der Waals surface area contributed by atoms with E-state index < -0.39 is 0 Å². The molecule has 0 amide bonds. The zero-order valence-corrected chi connectivity index (χ0v) is 17.7. The second-order valence-corrected chi connectivity index (χ2v) is 8.10. The largest absolute Gasteiger partial charge is 0.493 e. The Bertz CT molecular complexity index is 1200. The number of aryl methyl sites for hydroxylation is 1. The van der Waals surface area contributed by atoms with Gasteiger partial charge in [0.05, 0.1) is 24.8 Å². The van der Waals surface area contributed by atoms with Crippen LogP contribution < -0.4 is 19.8 Å². The first-order valence-electron chi connectivity index (χ1n) is 9.95. The smallest absolute Gasteiger partial charge is 0.339 e. The van der Waals surface area contributed by atoms with E-state index >= 15 is 0 Å². The Labute approximate surface area is 178 Å². The molecule has 156 valence electrons. The minimum absolute atomic E-state index is 0.239. The highest BCUT2D eigenvalue weighted by molar-refractivity contribution is 6.33. The number of halogens is 1. The summed E-state index contributed by atoms with van der Waals surface area (Å²) in [5.74, 6) is 1.98. The van der Waals surface area contributed by atoms with E-state index in [4.69, 9.17) is 30.2 Å². The van der Waals surface area contributed by atoms with Crippen LogP contribution in [0.2, 0.25) is 5.02 Å². The predicted molar refractivity (Wildman–Crippen MR) is 114 cm³/mol. The fourth-order valence-corrected chi connectivity index (χ4v) is 4.77. The van der Waals surface area contributed by atoms with Crippen LogP contribution in [0.15, 0.2) is 33.5 Å². The van der Waals surface area contributed by atoms with Crippen LogP contribution in [0.25, 0.3) is 11.0 Å². The molecule has 6 nitrogen and oxygen atoms in total. The van der Waals surface area contributed by atoms with Gasteiger partial charge < -0.3 is 18.6 Å². The Morgan fingerprint density at radius 3 is 2.67 bits per heavy atom. The third-order valence-electron chi connectivity index (χ3n) is 5.89. The number of hydrogen-bond donors (Lipinski definition) is 0. The summed E-state index contributed by atoms with van der Waals surface area (Å²) in [6.07, 6.45) is 2.61. The number of rotatable bonds is 4. The fraction of sp³-hybridized carbons (Fsp3) is 0.348. The number of hydrogen-bond acceptors (Lipinski definition) is 6. The first-order chi connectivity index (χ1) is 14.6. The van der Waals surface area contributed by atoms with E-state index in [1.54, 1.807) is 14.2 Å². The van der Waals surface area contributed by atoms with E-state index in [1.807, 2.05) is 24.3 Å². The average molecular weight is 428 g/mol. The van der Waals surface area contributed by atoms with Crippen LogP contribution in [0.4, 0.5) is 0 Å². The Balaban J connectivity index is 1.52. The lowest BCUT2D eigenvalue weighted by atomic mass is 10.0. The molecule has 0 unspecified atom stereocenters. The van der Waals surface area contributed by atoms with E-state index in [-0.39, 0.29) is 5.63 Å². The van der Waals surface area contributed by atoms with Gasteiger partial charge in [0.15, 0.2) is 11.5 Å². The second kappa shape index (κ2) is 7.52. The zero-order valence-electron chi connectivity index (χ0n) is 16.9. The van der Waals surface area contributed by atoms with Crippen LogP contribution in [-0.4, -0.2) is 25.9 Å². The van der Waals surface area contributed by atoms with Crippen molar-refractivity contribution in [2.24, 2.45) is 0 Å². The molecule has 0 saturated carbocycles. The van der Waals surface area contributed by atoms with Gasteiger partial charge in [-0.2, -0.15) is 0 Å². The summed E-state index contributed by atoms with van der Waals surface area (Å²) < 4.78 is 22.5. The van der Waals surface area contributed by atoms with E-state index in [0.29, 0.717) is 47.7 Å². The van der Waals surface area contributed by atoms with Gasteiger partial charge in [0.1, 0.15) is 18.1 Å². The van der Waals surface area contributed by atoms with Gasteiger partial charge in [0.25, 0.3) is 0 Å². The van der Waals surface area contributed by atoms with Gasteiger partial charge in [-0.05, 0) is 48.6 Å². The summed E-state index contributed by atoms with van der Waals surface area (Å²) in [5.41, 5.74) is 4.11. The molecule has 1 aliphatic carbocycles. The molecule has 3 aromatic rings. The number of ether oxygens (including phenoxy) is 3. The molecular formula is C23H22ClNO5. The molecule has 0 bridgehead atoms. The summed E-state index contributed by atoms with van der Waals surface area (Å²) in [7, 11) is 3.24. The van der Waals surface area contributed by atoms with Gasteiger partial charge in [0, 0.05) is 24.0 Å². The van der Waals surface area contributed by atoms with Crippen molar-refractivity contribution in [3.8, 4) is 17.2 Å². The predicted octanol–water partition coefficient (Wildman–Crippen LogP) is 4.30. The maximum absolute atomic E-state index is 12.5. The van der Waals surface area contributed by atoms with E-state index in [2.05, 4.69) is 4.90 Å². The lowest BCUT2D eigenvalue weighted by molar-refractivity contribution is 0.0890. The van der Waals surface area contributed by atoms with Gasteiger partial charge in [-0.3, -0.25) is 4.90 Å². The minimum atomic E-state index is -0.239. The van der Waals surface area contributed by atoms with Gasteiger partial charge in [-0.1, -0.05) is 17.7 Å². The summed E-state index contributed by atoms with van der Waals surface area (Å²) >= 11 is 6.55. The Morgan fingerprint density at radius 1 is 1.07 bits per heavy atom. The van der Waals surface area contributed by atoms with E-state index in [1.165, 1.54) is 0 Å². The van der Waals surface area contributed by atoms with Gasteiger partial charge in [0.2, 0.25) is 0 Å². The highest BCUT2D eigenvalue weighted by Crippen LogP contribution is 2.41. The Morgan fingerprint density at radius 2 is 1.87 bits per heavy atom. The SMILES string of the molecule is COc1ccc(CN2COc3c(Cl)cc4c5c(c(=O)oc4c3C2)CCC5)cc1OC. The van der Waals surface area contributed by atoms with Crippen LogP contribution in [0.5, 0.6) is 17.2 Å². The number of fused-ring (bicyclic) bond motifs is 5. The van der Waals surface area contributed by atoms with Gasteiger partial charge in [-0.15, -0.1) is 0 Å². The van der Waals surface area contributed by atoms with Crippen molar-refractivity contribution in [2.75, 3.05) is 21.0 Å². The third kappa shape index (κ3) is 3.11. The summed E-state index contributed by atoms with van der Waals surface area (Å²) in [6.45, 7) is 1.60. The van der Waals surface area contributed by atoms with Crippen molar-refractivity contribution in [3.63, 3.8) is 0 Å². The maximum Gasteiger partial charge on any atom is 0.339 e. The molecule has 0 radical (unpaired) electrons. The van der Waals surface area contributed by atoms with Crippen LogP contribution in [-0.2, 0) is 25.9 Å². The van der Waals surface area contributed by atoms with Crippen molar-refractivity contribution >= 4 is 22.6 Å². The van der Waals surface area contributed by atoms with Crippen LogP contribution >= 0.6 is 11.6 Å². The van der Waals surface area contributed by atoms with E-state index in [0.717, 1.165) is 46.9 Å².